The normalized spacial score (nSPS) is 12.6. The third-order valence-corrected chi connectivity index (χ3v) is 8.48. The van der Waals surface area contributed by atoms with Gasteiger partial charge in [0.1, 0.15) is 11.6 Å². The zero-order chi connectivity index (χ0) is 32.0. The molecule has 12 heteroatoms. The van der Waals surface area contributed by atoms with Gasteiger partial charge in [0.2, 0.25) is 10.0 Å². The Labute approximate surface area is 251 Å². The van der Waals surface area contributed by atoms with Crippen molar-refractivity contribution in [2.75, 3.05) is 20.1 Å². The van der Waals surface area contributed by atoms with E-state index in [0.717, 1.165) is 30.2 Å². The minimum absolute atomic E-state index is 0.0249. The summed E-state index contributed by atoms with van der Waals surface area (Å²) in [5.74, 6) is -2.07. The third kappa shape index (κ3) is 11.1. The number of sulfonamides is 1. The van der Waals surface area contributed by atoms with Crippen LogP contribution in [0.2, 0.25) is 0 Å². The van der Waals surface area contributed by atoms with E-state index in [1.807, 2.05) is 25.1 Å². The molecule has 3 aromatic rings. The Morgan fingerprint density at radius 2 is 1.58 bits per heavy atom. The Bertz CT molecular complexity index is 1420. The molecule has 43 heavy (non-hydrogen) atoms. The Hall–Kier alpha value is -3.71. The summed E-state index contributed by atoms with van der Waals surface area (Å²) in [6.45, 7) is 4.66. The van der Waals surface area contributed by atoms with Crippen LogP contribution in [0.4, 0.5) is 8.78 Å². The summed E-state index contributed by atoms with van der Waals surface area (Å²) in [6, 6.07) is 15.7. The van der Waals surface area contributed by atoms with E-state index in [1.165, 1.54) is 41.2 Å². The van der Waals surface area contributed by atoms with Crippen LogP contribution in [0.1, 0.15) is 47.3 Å². The fraction of sp³-hybridized carbons (Fsp3) is 0.355. The number of hydrogen-bond acceptors (Lipinski definition) is 6. The van der Waals surface area contributed by atoms with Crippen LogP contribution in [0.25, 0.3) is 0 Å². The van der Waals surface area contributed by atoms with E-state index in [9.17, 15) is 27.1 Å². The Morgan fingerprint density at radius 1 is 0.977 bits per heavy atom. The minimum atomic E-state index is -3.68. The molecule has 9 nitrogen and oxygen atoms in total. The number of rotatable bonds is 14. The van der Waals surface area contributed by atoms with Crippen LogP contribution in [-0.2, 0) is 34.2 Å². The Balaban J connectivity index is 0.00000206. The molecule has 0 heterocycles. The second-order valence-electron chi connectivity index (χ2n) is 9.89. The summed E-state index contributed by atoms with van der Waals surface area (Å²) in [7, 11) is -2.19. The maximum absolute atomic E-state index is 13.8. The second kappa shape index (κ2) is 17.4. The largest absolute Gasteiger partial charge is 0.483 e. The van der Waals surface area contributed by atoms with Crippen molar-refractivity contribution in [2.45, 2.75) is 56.7 Å². The van der Waals surface area contributed by atoms with Gasteiger partial charge in [-0.2, -0.15) is 0 Å². The van der Waals surface area contributed by atoms with Gasteiger partial charge in [-0.25, -0.2) is 21.5 Å². The number of carbonyl (C=O) groups excluding carboxylic acids is 1. The molecule has 0 radical (unpaired) electrons. The van der Waals surface area contributed by atoms with Crippen molar-refractivity contribution in [2.24, 2.45) is 0 Å². The van der Waals surface area contributed by atoms with Gasteiger partial charge in [0.15, 0.2) is 0 Å². The molecule has 3 rings (SSSR count). The van der Waals surface area contributed by atoms with E-state index in [-0.39, 0.29) is 35.5 Å². The quantitative estimate of drug-likeness (QED) is 0.202. The molecule has 0 spiro atoms. The number of amides is 1. The van der Waals surface area contributed by atoms with E-state index in [1.54, 1.807) is 0 Å². The summed E-state index contributed by atoms with van der Waals surface area (Å²) in [5.41, 5.74) is 2.69. The van der Waals surface area contributed by atoms with Crippen molar-refractivity contribution in [3.63, 3.8) is 0 Å². The molecular weight excluding hydrogens is 580 g/mol. The van der Waals surface area contributed by atoms with Crippen LogP contribution in [0, 0.1) is 11.6 Å². The lowest BCUT2D eigenvalue weighted by Crippen LogP contribution is -2.48. The van der Waals surface area contributed by atoms with Crippen molar-refractivity contribution in [1.82, 2.24) is 14.9 Å². The molecule has 0 aliphatic rings. The molecule has 0 unspecified atom stereocenters. The van der Waals surface area contributed by atoms with Crippen LogP contribution in [0.3, 0.4) is 0 Å². The summed E-state index contributed by atoms with van der Waals surface area (Å²) in [4.78, 5) is 21.5. The third-order valence-electron chi connectivity index (χ3n) is 6.60. The molecule has 4 N–H and O–H groups in total. The zero-order valence-electron chi connectivity index (χ0n) is 24.5. The number of aryl methyl sites for hydroxylation is 1. The fourth-order valence-corrected chi connectivity index (χ4v) is 5.64. The molecule has 1 amide bonds. The van der Waals surface area contributed by atoms with Crippen molar-refractivity contribution in [1.29, 1.82) is 0 Å². The summed E-state index contributed by atoms with van der Waals surface area (Å²) in [6.07, 6.45) is 0.446. The van der Waals surface area contributed by atoms with Gasteiger partial charge in [0.05, 0.1) is 17.0 Å². The van der Waals surface area contributed by atoms with Gasteiger partial charge in [0, 0.05) is 38.3 Å². The van der Waals surface area contributed by atoms with Crippen LogP contribution >= 0.6 is 0 Å². The SMILES string of the molecule is CCCN(C)S(=O)(=O)c1ccc(C(=O)N[C@@H](Cc2cc(F)cc(F)c2)[C@H](O)CNCc2cccc(CC)c2)cc1.O=CO. The Morgan fingerprint density at radius 3 is 2.16 bits per heavy atom. The van der Waals surface area contributed by atoms with Crippen LogP contribution in [0.15, 0.2) is 71.6 Å². The predicted octanol–water partition coefficient (Wildman–Crippen LogP) is 3.75. The van der Waals surface area contributed by atoms with Crippen molar-refractivity contribution >= 4 is 22.4 Å². The Kier molecular flexibility index (Phi) is 14.4. The lowest BCUT2D eigenvalue weighted by Gasteiger charge is -2.25. The number of carboxylic acid groups (broad SMARTS) is 1. The van der Waals surface area contributed by atoms with Crippen molar-refractivity contribution < 1.29 is 37.0 Å². The summed E-state index contributed by atoms with van der Waals surface area (Å²) < 4.78 is 54.3. The molecule has 3 aromatic carbocycles. The standard InChI is InChI=1S/C30H37F2N3O4S.CH2O2/c1-4-13-35(3)40(38,39)27-11-9-24(10-12-27)30(37)34-28(17-23-15-25(31)18-26(32)16-23)29(36)20-33-19-22-8-6-7-21(5-2)14-22;2-1-3/h6-12,14-16,18,28-29,33,36H,4-5,13,17,19-20H2,1-3H3,(H,34,37);1H,(H,2,3)/t28-,29+;/m0./s1. The average molecular weight is 620 g/mol. The number of carbonyl (C=O) groups is 2. The first-order chi connectivity index (χ1) is 20.4. The molecule has 0 saturated carbocycles. The summed E-state index contributed by atoms with van der Waals surface area (Å²) >= 11 is 0. The van der Waals surface area contributed by atoms with Gasteiger partial charge >= 0.3 is 0 Å². The van der Waals surface area contributed by atoms with E-state index < -0.39 is 39.7 Å². The summed E-state index contributed by atoms with van der Waals surface area (Å²) in [5, 5.41) is 23.8. The highest BCUT2D eigenvalue weighted by Crippen LogP contribution is 2.17. The van der Waals surface area contributed by atoms with E-state index in [2.05, 4.69) is 23.6 Å². The lowest BCUT2D eigenvalue weighted by molar-refractivity contribution is -0.122. The molecule has 0 fully saturated rings. The molecule has 0 aliphatic heterocycles. The molecular formula is C31H39F2N3O6S. The van der Waals surface area contributed by atoms with E-state index in [0.29, 0.717) is 19.5 Å². The van der Waals surface area contributed by atoms with Crippen LogP contribution in [0.5, 0.6) is 0 Å². The molecule has 0 bridgehead atoms. The van der Waals surface area contributed by atoms with Gasteiger partial charge in [-0.15, -0.1) is 0 Å². The lowest BCUT2D eigenvalue weighted by atomic mass is 10.00. The predicted molar refractivity (Wildman–Crippen MR) is 160 cm³/mol. The van der Waals surface area contributed by atoms with Crippen LogP contribution < -0.4 is 10.6 Å². The van der Waals surface area contributed by atoms with Crippen molar-refractivity contribution in [3.05, 3.63) is 101 Å². The molecule has 0 aliphatic carbocycles. The topological polar surface area (TPSA) is 136 Å². The first-order valence-electron chi connectivity index (χ1n) is 13.8. The number of nitrogens with one attached hydrogen (secondary N) is 2. The zero-order valence-corrected chi connectivity index (χ0v) is 25.3. The smallest absolute Gasteiger partial charge is 0.290 e. The fourth-order valence-electron chi connectivity index (χ4n) is 4.38. The highest BCUT2D eigenvalue weighted by atomic mass is 32.2. The maximum Gasteiger partial charge on any atom is 0.290 e. The number of hydrogen-bond donors (Lipinski definition) is 4. The van der Waals surface area contributed by atoms with Gasteiger partial charge in [-0.05, 0) is 72.4 Å². The molecule has 2 atom stereocenters. The molecule has 0 aromatic heterocycles. The first-order valence-corrected chi connectivity index (χ1v) is 15.3. The molecule has 234 valence electrons. The van der Waals surface area contributed by atoms with Gasteiger partial charge in [-0.3, -0.25) is 9.59 Å². The highest BCUT2D eigenvalue weighted by molar-refractivity contribution is 7.89. The van der Waals surface area contributed by atoms with Crippen molar-refractivity contribution in [3.8, 4) is 0 Å². The number of benzene rings is 3. The first kappa shape index (κ1) is 35.5. The number of aliphatic hydroxyl groups is 1. The van der Waals surface area contributed by atoms with Gasteiger partial charge in [0.25, 0.3) is 12.4 Å². The van der Waals surface area contributed by atoms with E-state index >= 15 is 0 Å². The monoisotopic (exact) mass is 619 g/mol. The highest BCUT2D eigenvalue weighted by Gasteiger charge is 2.24. The number of nitrogens with zero attached hydrogens (tertiary/aromatic N) is 1. The maximum atomic E-state index is 13.8. The molecule has 0 saturated heterocycles. The number of halogens is 2. The van der Waals surface area contributed by atoms with E-state index in [4.69, 9.17) is 9.90 Å². The van der Waals surface area contributed by atoms with Crippen LogP contribution in [-0.4, -0.2) is 67.6 Å². The minimum Gasteiger partial charge on any atom is -0.483 e. The number of aliphatic hydroxyl groups excluding tert-OH is 1. The van der Waals surface area contributed by atoms with Gasteiger partial charge < -0.3 is 20.8 Å². The second-order valence-corrected chi connectivity index (χ2v) is 11.9. The average Bonchev–Trinajstić information content (AvgIpc) is 2.97. The van der Waals surface area contributed by atoms with Gasteiger partial charge in [-0.1, -0.05) is 38.1 Å².